The number of rotatable bonds is 13. The van der Waals surface area contributed by atoms with Crippen LogP contribution in [-0.4, -0.2) is 25.3 Å². The molecule has 0 aliphatic heterocycles. The third kappa shape index (κ3) is 8.27. The van der Waals surface area contributed by atoms with Gasteiger partial charge in [0, 0.05) is 5.56 Å². The van der Waals surface area contributed by atoms with Gasteiger partial charge in [-0.15, -0.1) is 0 Å². The Balaban J connectivity index is 1.87. The lowest BCUT2D eigenvalue weighted by Gasteiger charge is -2.12. The zero-order valence-electron chi connectivity index (χ0n) is 18.4. The van der Waals surface area contributed by atoms with Crippen LogP contribution in [0, 0.1) is 6.92 Å². The van der Waals surface area contributed by atoms with Crippen molar-refractivity contribution in [3.05, 3.63) is 59.2 Å². The number of unbranched alkanes of at least 4 members (excludes halogenated alkanes) is 5. The average molecular weight is 411 g/mol. The van der Waals surface area contributed by atoms with Gasteiger partial charge in [0.1, 0.15) is 0 Å². The molecule has 0 heterocycles. The number of hydrogen-bond acceptors (Lipinski definition) is 4. The first kappa shape index (κ1) is 23.5. The first-order chi connectivity index (χ1) is 14.6. The number of benzene rings is 2. The quantitative estimate of drug-likeness (QED) is 0.254. The molecule has 5 nitrogen and oxygen atoms in total. The highest BCUT2D eigenvalue weighted by molar-refractivity contribution is 5.94. The van der Waals surface area contributed by atoms with Gasteiger partial charge < -0.3 is 9.47 Å². The van der Waals surface area contributed by atoms with Crippen molar-refractivity contribution in [2.24, 2.45) is 5.10 Å². The maximum absolute atomic E-state index is 12.1. The molecular formula is C25H34N2O3. The van der Waals surface area contributed by atoms with Gasteiger partial charge in [0.05, 0.1) is 19.4 Å². The molecule has 0 unspecified atom stereocenters. The van der Waals surface area contributed by atoms with Crippen molar-refractivity contribution < 1.29 is 14.3 Å². The molecule has 0 atom stereocenters. The lowest BCUT2D eigenvalue weighted by Crippen LogP contribution is -2.17. The Kier molecular flexibility index (Phi) is 10.5. The topological polar surface area (TPSA) is 59.9 Å². The number of nitrogens with zero attached hydrogens (tertiary/aromatic N) is 1. The molecule has 0 spiro atoms. The summed E-state index contributed by atoms with van der Waals surface area (Å²) in [5, 5.41) is 4.06. The number of aryl methyl sites for hydroxylation is 1. The number of carbonyl (C=O) groups excluding carboxylic acids is 1. The van der Waals surface area contributed by atoms with E-state index in [-0.39, 0.29) is 5.91 Å². The predicted octanol–water partition coefficient (Wildman–Crippen LogP) is 5.90. The number of hydrogen-bond donors (Lipinski definition) is 1. The first-order valence-electron chi connectivity index (χ1n) is 10.9. The summed E-state index contributed by atoms with van der Waals surface area (Å²) in [5.74, 6) is 1.19. The molecule has 0 fully saturated rings. The fourth-order valence-corrected chi connectivity index (χ4v) is 2.99. The molecule has 0 radical (unpaired) electrons. The van der Waals surface area contributed by atoms with Crippen molar-refractivity contribution in [3.8, 4) is 11.5 Å². The smallest absolute Gasteiger partial charge is 0.271 e. The summed E-state index contributed by atoms with van der Waals surface area (Å²) in [6.45, 7) is 7.39. The Morgan fingerprint density at radius 1 is 0.933 bits per heavy atom. The third-order valence-electron chi connectivity index (χ3n) is 4.72. The van der Waals surface area contributed by atoms with Crippen LogP contribution in [0.5, 0.6) is 11.5 Å². The van der Waals surface area contributed by atoms with Crippen molar-refractivity contribution >= 4 is 12.1 Å². The molecule has 5 heteroatoms. The summed E-state index contributed by atoms with van der Waals surface area (Å²) in [6, 6.07) is 13.0. The highest BCUT2D eigenvalue weighted by Gasteiger charge is 2.07. The molecule has 0 aromatic heterocycles. The van der Waals surface area contributed by atoms with E-state index in [0.29, 0.717) is 24.5 Å². The molecule has 0 saturated carbocycles. The molecule has 0 saturated heterocycles. The zero-order valence-corrected chi connectivity index (χ0v) is 18.4. The van der Waals surface area contributed by atoms with Crippen LogP contribution in [-0.2, 0) is 0 Å². The fraction of sp³-hybridized carbons (Fsp3) is 0.440. The van der Waals surface area contributed by atoms with Gasteiger partial charge in [-0.25, -0.2) is 5.43 Å². The molecule has 2 aromatic rings. The molecule has 0 aliphatic carbocycles. The standard InChI is InChI=1S/C25H34N2O3/c1-4-6-7-8-9-10-17-30-23-16-13-21(18-24(23)29-5-2)19-26-27-25(28)22-14-11-20(3)12-15-22/h11-16,18-19H,4-10,17H2,1-3H3,(H,27,28)/b26-19+. The highest BCUT2D eigenvalue weighted by Crippen LogP contribution is 2.28. The first-order valence-corrected chi connectivity index (χ1v) is 10.9. The Bertz CT molecular complexity index is 801. The van der Waals surface area contributed by atoms with Crippen molar-refractivity contribution in [3.63, 3.8) is 0 Å². The van der Waals surface area contributed by atoms with E-state index in [1.807, 2.05) is 44.2 Å². The number of carbonyl (C=O) groups is 1. The molecule has 2 rings (SSSR count). The summed E-state index contributed by atoms with van der Waals surface area (Å²) in [7, 11) is 0. The van der Waals surface area contributed by atoms with Gasteiger partial charge in [0.2, 0.25) is 0 Å². The lowest BCUT2D eigenvalue weighted by atomic mass is 10.1. The predicted molar refractivity (Wildman–Crippen MR) is 123 cm³/mol. The molecule has 30 heavy (non-hydrogen) atoms. The molecule has 0 bridgehead atoms. The van der Waals surface area contributed by atoms with Gasteiger partial charge in [-0.05, 0) is 56.2 Å². The van der Waals surface area contributed by atoms with E-state index in [0.717, 1.165) is 23.3 Å². The Hall–Kier alpha value is -2.82. The molecule has 2 aromatic carbocycles. The van der Waals surface area contributed by atoms with Crippen LogP contribution in [0.25, 0.3) is 0 Å². The van der Waals surface area contributed by atoms with E-state index in [1.54, 1.807) is 18.3 Å². The molecule has 1 amide bonds. The fourth-order valence-electron chi connectivity index (χ4n) is 2.99. The van der Waals surface area contributed by atoms with Crippen LogP contribution in [0.15, 0.2) is 47.6 Å². The van der Waals surface area contributed by atoms with E-state index in [9.17, 15) is 4.79 Å². The monoisotopic (exact) mass is 410 g/mol. The zero-order chi connectivity index (χ0) is 21.6. The Morgan fingerprint density at radius 3 is 2.40 bits per heavy atom. The van der Waals surface area contributed by atoms with E-state index in [2.05, 4.69) is 17.5 Å². The number of ether oxygens (including phenoxy) is 2. The second-order valence-electron chi connectivity index (χ2n) is 7.32. The van der Waals surface area contributed by atoms with E-state index in [4.69, 9.17) is 9.47 Å². The Labute approximate surface area is 180 Å². The van der Waals surface area contributed by atoms with Crippen LogP contribution < -0.4 is 14.9 Å². The summed E-state index contributed by atoms with van der Waals surface area (Å²) < 4.78 is 11.6. The number of nitrogens with one attached hydrogen (secondary N) is 1. The van der Waals surface area contributed by atoms with Crippen LogP contribution in [0.4, 0.5) is 0 Å². The van der Waals surface area contributed by atoms with Gasteiger partial charge in [-0.2, -0.15) is 5.10 Å². The minimum absolute atomic E-state index is 0.241. The SMILES string of the molecule is CCCCCCCCOc1ccc(/C=N/NC(=O)c2ccc(C)cc2)cc1OCC. The maximum Gasteiger partial charge on any atom is 0.271 e. The maximum atomic E-state index is 12.1. The van der Waals surface area contributed by atoms with Crippen LogP contribution in [0.1, 0.15) is 73.9 Å². The number of amides is 1. The highest BCUT2D eigenvalue weighted by atomic mass is 16.5. The molecule has 0 aliphatic rings. The molecular weight excluding hydrogens is 376 g/mol. The van der Waals surface area contributed by atoms with E-state index < -0.39 is 0 Å². The largest absolute Gasteiger partial charge is 0.490 e. The van der Waals surface area contributed by atoms with Gasteiger partial charge in [-0.3, -0.25) is 4.79 Å². The van der Waals surface area contributed by atoms with Crippen molar-refractivity contribution in [2.75, 3.05) is 13.2 Å². The Morgan fingerprint density at radius 2 is 1.67 bits per heavy atom. The van der Waals surface area contributed by atoms with Crippen molar-refractivity contribution in [1.29, 1.82) is 0 Å². The summed E-state index contributed by atoms with van der Waals surface area (Å²) >= 11 is 0. The molecule has 162 valence electrons. The lowest BCUT2D eigenvalue weighted by molar-refractivity contribution is 0.0955. The number of hydrazone groups is 1. The minimum Gasteiger partial charge on any atom is -0.490 e. The van der Waals surface area contributed by atoms with Gasteiger partial charge in [0.15, 0.2) is 11.5 Å². The van der Waals surface area contributed by atoms with Crippen LogP contribution in [0.3, 0.4) is 0 Å². The average Bonchev–Trinajstić information content (AvgIpc) is 2.75. The van der Waals surface area contributed by atoms with Crippen molar-refractivity contribution in [2.45, 2.75) is 59.3 Å². The normalized spacial score (nSPS) is 10.9. The van der Waals surface area contributed by atoms with Crippen LogP contribution >= 0.6 is 0 Å². The minimum atomic E-state index is -0.241. The van der Waals surface area contributed by atoms with Crippen molar-refractivity contribution in [1.82, 2.24) is 5.43 Å². The van der Waals surface area contributed by atoms with Gasteiger partial charge in [-0.1, -0.05) is 56.7 Å². The second kappa shape index (κ2) is 13.4. The van der Waals surface area contributed by atoms with E-state index >= 15 is 0 Å². The summed E-state index contributed by atoms with van der Waals surface area (Å²) in [5.41, 5.74) is 5.07. The summed E-state index contributed by atoms with van der Waals surface area (Å²) in [4.78, 5) is 12.1. The summed E-state index contributed by atoms with van der Waals surface area (Å²) in [6.07, 6.45) is 8.97. The van der Waals surface area contributed by atoms with Crippen LogP contribution in [0.2, 0.25) is 0 Å². The van der Waals surface area contributed by atoms with E-state index in [1.165, 1.54) is 32.1 Å². The second-order valence-corrected chi connectivity index (χ2v) is 7.32. The third-order valence-corrected chi connectivity index (χ3v) is 4.72. The van der Waals surface area contributed by atoms with Gasteiger partial charge >= 0.3 is 0 Å². The van der Waals surface area contributed by atoms with Gasteiger partial charge in [0.25, 0.3) is 5.91 Å². The molecule has 1 N–H and O–H groups in total.